The highest BCUT2D eigenvalue weighted by Crippen LogP contribution is 2.34. The Balaban J connectivity index is 1.96. The highest BCUT2D eigenvalue weighted by Gasteiger charge is 2.24. The Hall–Kier alpha value is -2.42. The zero-order valence-electron chi connectivity index (χ0n) is 11.5. The number of rotatable bonds is 3. The maximum Gasteiger partial charge on any atom is 0.281 e. The molecule has 4 nitrogen and oxygen atoms in total. The molecule has 1 aromatic carbocycles. The lowest BCUT2D eigenvalue weighted by Crippen LogP contribution is -2.01. The summed E-state index contributed by atoms with van der Waals surface area (Å²) in [6.07, 6.45) is 0. The van der Waals surface area contributed by atoms with Crippen molar-refractivity contribution in [2.24, 2.45) is 0 Å². The Kier molecular flexibility index (Phi) is 4.03. The summed E-state index contributed by atoms with van der Waals surface area (Å²) in [7, 11) is 0. The van der Waals surface area contributed by atoms with Crippen molar-refractivity contribution in [3.8, 4) is 11.5 Å². The molecule has 2 aromatic heterocycles. The standard InChI is InChI=1S/C14H7F4N3OS/c1-6-4-2-3-5-7(6)13-20-21-14(22-13)23-10-8(15)11(17)19-12(18)9(10)16/h2-5H,1H3. The van der Waals surface area contributed by atoms with Crippen molar-refractivity contribution in [2.75, 3.05) is 0 Å². The second-order valence-corrected chi connectivity index (χ2v) is 5.40. The Bertz CT molecular complexity index is 858. The molecule has 0 aliphatic rings. The number of pyridine rings is 1. The molecule has 0 bridgehead atoms. The van der Waals surface area contributed by atoms with E-state index in [2.05, 4.69) is 15.2 Å². The van der Waals surface area contributed by atoms with Gasteiger partial charge in [-0.2, -0.15) is 13.8 Å². The van der Waals surface area contributed by atoms with Gasteiger partial charge in [0.15, 0.2) is 11.6 Å². The summed E-state index contributed by atoms with van der Waals surface area (Å²) in [4.78, 5) is 1.54. The van der Waals surface area contributed by atoms with Crippen LogP contribution in [-0.4, -0.2) is 15.2 Å². The lowest BCUT2D eigenvalue weighted by molar-refractivity contribution is 0.382. The molecule has 0 radical (unpaired) electrons. The minimum absolute atomic E-state index is 0.126. The minimum atomic E-state index is -1.75. The molecule has 9 heteroatoms. The second kappa shape index (κ2) is 5.99. The minimum Gasteiger partial charge on any atom is -0.411 e. The van der Waals surface area contributed by atoms with Gasteiger partial charge < -0.3 is 4.42 Å². The fourth-order valence-corrected chi connectivity index (χ4v) is 2.54. The van der Waals surface area contributed by atoms with Crippen molar-refractivity contribution in [3.05, 3.63) is 53.4 Å². The summed E-state index contributed by atoms with van der Waals surface area (Å²) >= 11 is 0.280. The Morgan fingerprint density at radius 1 is 0.957 bits per heavy atom. The van der Waals surface area contributed by atoms with Gasteiger partial charge in [-0.1, -0.05) is 18.2 Å². The van der Waals surface area contributed by atoms with Gasteiger partial charge in [-0.05, 0) is 30.3 Å². The topological polar surface area (TPSA) is 51.8 Å². The molecular formula is C14H7F4N3OS. The van der Waals surface area contributed by atoms with E-state index >= 15 is 0 Å². The second-order valence-electron chi connectivity index (χ2n) is 4.44. The molecule has 0 saturated carbocycles. The van der Waals surface area contributed by atoms with Gasteiger partial charge in [0.05, 0.1) is 4.90 Å². The van der Waals surface area contributed by atoms with Crippen LogP contribution in [0.5, 0.6) is 0 Å². The number of benzene rings is 1. The zero-order valence-corrected chi connectivity index (χ0v) is 12.3. The molecule has 0 spiro atoms. The molecule has 0 N–H and O–H groups in total. The third kappa shape index (κ3) is 2.91. The predicted molar refractivity (Wildman–Crippen MR) is 72.7 cm³/mol. The molecule has 0 atom stereocenters. The first-order chi connectivity index (χ1) is 11.0. The molecule has 0 aliphatic carbocycles. The predicted octanol–water partition coefficient (Wildman–Crippen LogP) is 4.15. The number of hydrogen-bond donors (Lipinski definition) is 0. The number of aromatic nitrogens is 3. The van der Waals surface area contributed by atoms with Crippen molar-refractivity contribution < 1.29 is 22.0 Å². The van der Waals surface area contributed by atoms with Crippen LogP contribution in [0.15, 0.2) is 38.8 Å². The van der Waals surface area contributed by atoms with Crippen molar-refractivity contribution in [1.82, 2.24) is 15.2 Å². The molecule has 0 aliphatic heterocycles. The SMILES string of the molecule is Cc1ccccc1-c1nnc(Sc2c(F)c(F)nc(F)c2F)o1. The van der Waals surface area contributed by atoms with E-state index in [1.165, 1.54) is 0 Å². The molecule has 0 fully saturated rings. The van der Waals surface area contributed by atoms with Gasteiger partial charge in [0.2, 0.25) is 5.89 Å². The number of aryl methyl sites for hydroxylation is 1. The van der Waals surface area contributed by atoms with Crippen molar-refractivity contribution in [2.45, 2.75) is 17.0 Å². The fraction of sp³-hybridized carbons (Fsp3) is 0.0714. The highest BCUT2D eigenvalue weighted by atomic mass is 32.2. The van der Waals surface area contributed by atoms with Gasteiger partial charge in [-0.25, -0.2) is 8.78 Å². The zero-order chi connectivity index (χ0) is 16.6. The quantitative estimate of drug-likeness (QED) is 0.529. The van der Waals surface area contributed by atoms with Crippen LogP contribution in [0.1, 0.15) is 5.56 Å². The Labute approximate surface area is 131 Å². The Morgan fingerprint density at radius 3 is 2.26 bits per heavy atom. The van der Waals surface area contributed by atoms with E-state index < -0.39 is 28.4 Å². The van der Waals surface area contributed by atoms with Crippen LogP contribution in [0.4, 0.5) is 17.6 Å². The van der Waals surface area contributed by atoms with E-state index in [-0.39, 0.29) is 22.9 Å². The van der Waals surface area contributed by atoms with Crippen LogP contribution in [0, 0.1) is 30.5 Å². The third-order valence-electron chi connectivity index (χ3n) is 2.93. The smallest absolute Gasteiger partial charge is 0.281 e. The molecule has 23 heavy (non-hydrogen) atoms. The summed E-state index contributed by atoms with van der Waals surface area (Å²) < 4.78 is 58.6. The van der Waals surface area contributed by atoms with Crippen LogP contribution in [0.2, 0.25) is 0 Å². The van der Waals surface area contributed by atoms with Crippen LogP contribution in [0.3, 0.4) is 0 Å². The molecule has 0 amide bonds. The van der Waals surface area contributed by atoms with E-state index in [1.807, 2.05) is 19.1 Å². The number of nitrogens with zero attached hydrogens (tertiary/aromatic N) is 3. The lowest BCUT2D eigenvalue weighted by Gasteiger charge is -2.02. The fourth-order valence-electron chi connectivity index (χ4n) is 1.82. The summed E-state index contributed by atoms with van der Waals surface area (Å²) in [5.74, 6) is -6.61. The van der Waals surface area contributed by atoms with E-state index in [0.29, 0.717) is 5.56 Å². The average molecular weight is 341 g/mol. The average Bonchev–Trinajstić information content (AvgIpc) is 2.98. The van der Waals surface area contributed by atoms with Gasteiger partial charge in [0, 0.05) is 5.56 Å². The maximum absolute atomic E-state index is 13.6. The number of hydrogen-bond acceptors (Lipinski definition) is 5. The first-order valence-corrected chi connectivity index (χ1v) is 7.06. The summed E-state index contributed by atoms with van der Waals surface area (Å²) in [6, 6.07) is 7.12. The molecule has 118 valence electrons. The first-order valence-electron chi connectivity index (χ1n) is 6.24. The van der Waals surface area contributed by atoms with Gasteiger partial charge >= 0.3 is 0 Å². The molecule has 3 rings (SSSR count). The molecular weight excluding hydrogens is 334 g/mol. The van der Waals surface area contributed by atoms with Crippen LogP contribution in [-0.2, 0) is 0 Å². The lowest BCUT2D eigenvalue weighted by atomic mass is 10.1. The van der Waals surface area contributed by atoms with Crippen molar-refractivity contribution in [3.63, 3.8) is 0 Å². The van der Waals surface area contributed by atoms with Crippen LogP contribution < -0.4 is 0 Å². The number of halogens is 4. The van der Waals surface area contributed by atoms with E-state index in [0.717, 1.165) is 5.56 Å². The van der Waals surface area contributed by atoms with E-state index in [9.17, 15) is 17.6 Å². The van der Waals surface area contributed by atoms with Crippen LogP contribution >= 0.6 is 11.8 Å². The summed E-state index contributed by atoms with van der Waals surface area (Å²) in [6.45, 7) is 1.82. The summed E-state index contributed by atoms with van der Waals surface area (Å²) in [5.41, 5.74) is 1.49. The van der Waals surface area contributed by atoms with Gasteiger partial charge in [-0.3, -0.25) is 0 Å². The van der Waals surface area contributed by atoms with Gasteiger partial charge in [0.25, 0.3) is 17.1 Å². The third-order valence-corrected chi connectivity index (χ3v) is 3.83. The van der Waals surface area contributed by atoms with Gasteiger partial charge in [-0.15, -0.1) is 10.2 Å². The van der Waals surface area contributed by atoms with Gasteiger partial charge in [0.1, 0.15) is 0 Å². The Morgan fingerprint density at radius 2 is 1.61 bits per heavy atom. The monoisotopic (exact) mass is 341 g/mol. The van der Waals surface area contributed by atoms with Crippen molar-refractivity contribution in [1.29, 1.82) is 0 Å². The van der Waals surface area contributed by atoms with Crippen molar-refractivity contribution >= 4 is 11.8 Å². The molecule has 0 saturated heterocycles. The molecule has 2 heterocycles. The molecule has 3 aromatic rings. The summed E-state index contributed by atoms with van der Waals surface area (Å²) in [5, 5.41) is 7.12. The van der Waals surface area contributed by atoms with E-state index in [1.54, 1.807) is 12.1 Å². The largest absolute Gasteiger partial charge is 0.411 e. The van der Waals surface area contributed by atoms with Crippen LogP contribution in [0.25, 0.3) is 11.5 Å². The normalized spacial score (nSPS) is 11.0. The first kappa shape index (κ1) is 15.5. The highest BCUT2D eigenvalue weighted by molar-refractivity contribution is 7.99. The maximum atomic E-state index is 13.6. The van der Waals surface area contributed by atoms with E-state index in [4.69, 9.17) is 4.42 Å². The molecule has 0 unspecified atom stereocenters.